The van der Waals surface area contributed by atoms with Gasteiger partial charge in [0.25, 0.3) is 0 Å². The van der Waals surface area contributed by atoms with Crippen LogP contribution < -0.4 is 11.5 Å². The number of pyridine rings is 1. The van der Waals surface area contributed by atoms with E-state index in [0.717, 1.165) is 4.47 Å². The van der Waals surface area contributed by atoms with Crippen molar-refractivity contribution in [2.45, 2.75) is 6.18 Å². The van der Waals surface area contributed by atoms with Crippen molar-refractivity contribution in [1.29, 1.82) is 0 Å². The maximum atomic E-state index is 10.6. The Morgan fingerprint density at radius 3 is 2.17 bits per heavy atom. The van der Waals surface area contributed by atoms with Crippen molar-refractivity contribution < 1.29 is 23.1 Å². The van der Waals surface area contributed by atoms with Gasteiger partial charge in [-0.25, -0.2) is 9.78 Å². The van der Waals surface area contributed by atoms with E-state index in [9.17, 15) is 13.2 Å². The Bertz CT molecular complexity index is 429. The van der Waals surface area contributed by atoms with Gasteiger partial charge in [-0.05, 0) is 28.1 Å². The Morgan fingerprint density at radius 1 is 1.39 bits per heavy atom. The molecule has 10 heteroatoms. The normalized spacial score (nSPS) is 10.0. The summed E-state index contributed by atoms with van der Waals surface area (Å²) in [7, 11) is 0. The third-order valence-electron chi connectivity index (χ3n) is 1.20. The highest BCUT2D eigenvalue weighted by Gasteiger charge is 2.38. The average molecular weight is 329 g/mol. The highest BCUT2D eigenvalue weighted by molar-refractivity contribution is 9.10. The highest BCUT2D eigenvalue weighted by atomic mass is 79.9. The van der Waals surface area contributed by atoms with Crippen molar-refractivity contribution in [3.63, 3.8) is 0 Å². The molecule has 0 unspecified atom stereocenters. The molecule has 1 rings (SSSR count). The Kier molecular flexibility index (Phi) is 6.09. The van der Waals surface area contributed by atoms with Crippen molar-refractivity contribution in [2.75, 3.05) is 0 Å². The molecule has 1 heterocycles. The van der Waals surface area contributed by atoms with Crippen LogP contribution in [0, 0.1) is 0 Å². The average Bonchev–Trinajstić information content (AvgIpc) is 2.20. The molecule has 0 aliphatic rings. The largest absolute Gasteiger partial charge is 0.490 e. The first kappa shape index (κ1) is 16.2. The Balaban J connectivity index is 0.000000360. The van der Waals surface area contributed by atoms with Crippen LogP contribution in [0.2, 0.25) is 0 Å². The molecule has 1 aromatic rings. The van der Waals surface area contributed by atoms with E-state index in [4.69, 9.17) is 21.4 Å². The number of aromatic nitrogens is 1. The zero-order chi connectivity index (χ0) is 14.3. The van der Waals surface area contributed by atoms with E-state index >= 15 is 0 Å². The van der Waals surface area contributed by atoms with Crippen molar-refractivity contribution in [1.82, 2.24) is 4.98 Å². The molecule has 100 valence electrons. The number of hydrogen-bond acceptors (Lipinski definition) is 3. The number of nitrogens with two attached hydrogens (primary N) is 2. The molecule has 1 aromatic heterocycles. The number of hydrogen-bond donors (Lipinski definition) is 3. The Hall–Kier alpha value is -1.84. The molecule has 6 nitrogen and oxygen atoms in total. The summed E-state index contributed by atoms with van der Waals surface area (Å²) in [6.45, 7) is 0. The molecule has 0 atom stereocenters. The fourth-order valence-corrected chi connectivity index (χ4v) is 0.801. The quantitative estimate of drug-likeness (QED) is 0.532. The summed E-state index contributed by atoms with van der Waals surface area (Å²) in [4.78, 5) is 16.6. The molecule has 0 aliphatic carbocycles. The van der Waals surface area contributed by atoms with Gasteiger partial charge < -0.3 is 16.6 Å². The van der Waals surface area contributed by atoms with Crippen LogP contribution in [0.25, 0.3) is 0 Å². The molecule has 0 fully saturated rings. The lowest BCUT2D eigenvalue weighted by Gasteiger charge is -1.93. The monoisotopic (exact) mass is 328 g/mol. The second kappa shape index (κ2) is 6.79. The first-order valence-electron chi connectivity index (χ1n) is 4.14. The highest BCUT2D eigenvalue weighted by Crippen LogP contribution is 2.13. The van der Waals surface area contributed by atoms with E-state index in [2.05, 4.69) is 25.9 Å². The van der Waals surface area contributed by atoms with Gasteiger partial charge >= 0.3 is 12.1 Å². The zero-order valence-corrected chi connectivity index (χ0v) is 10.2. The molecule has 18 heavy (non-hydrogen) atoms. The number of aliphatic imine (C=N–C) groups is 1. The molecule has 0 saturated carbocycles. The summed E-state index contributed by atoms with van der Waals surface area (Å²) in [6.07, 6.45) is -3.46. The molecule has 0 aromatic carbocycles. The van der Waals surface area contributed by atoms with Crippen LogP contribution in [0.15, 0.2) is 27.8 Å². The van der Waals surface area contributed by atoms with Gasteiger partial charge in [0.05, 0.1) is 0 Å². The molecule has 0 spiro atoms. The SMILES string of the molecule is NC(N)=Nc1ccc(Br)cn1.O=C(O)C(F)(F)F. The van der Waals surface area contributed by atoms with Gasteiger partial charge in [-0.3, -0.25) is 0 Å². The number of aliphatic carboxylic acids is 1. The van der Waals surface area contributed by atoms with Gasteiger partial charge in [0, 0.05) is 10.7 Å². The summed E-state index contributed by atoms with van der Waals surface area (Å²) in [5.41, 5.74) is 10.3. The minimum Gasteiger partial charge on any atom is -0.475 e. The van der Waals surface area contributed by atoms with Crippen molar-refractivity contribution >= 4 is 33.7 Å². The Labute approximate surface area is 108 Å². The number of halogens is 4. The summed E-state index contributed by atoms with van der Waals surface area (Å²) < 4.78 is 32.6. The van der Waals surface area contributed by atoms with Gasteiger partial charge in [0.2, 0.25) is 0 Å². The van der Waals surface area contributed by atoms with Gasteiger partial charge in [0.15, 0.2) is 11.8 Å². The number of alkyl halides is 3. The fraction of sp³-hybridized carbons (Fsp3) is 0.125. The lowest BCUT2D eigenvalue weighted by Crippen LogP contribution is -2.21. The number of rotatable bonds is 1. The molecular formula is C8H8BrF3N4O2. The predicted octanol–water partition coefficient (Wildman–Crippen LogP) is 1.38. The third kappa shape index (κ3) is 7.44. The van der Waals surface area contributed by atoms with Gasteiger partial charge in [-0.1, -0.05) is 0 Å². The maximum Gasteiger partial charge on any atom is 0.490 e. The summed E-state index contributed by atoms with van der Waals surface area (Å²) in [5, 5.41) is 7.12. The van der Waals surface area contributed by atoms with E-state index in [0.29, 0.717) is 5.82 Å². The molecule has 0 amide bonds. The van der Waals surface area contributed by atoms with Crippen molar-refractivity contribution in [2.24, 2.45) is 16.5 Å². The summed E-state index contributed by atoms with van der Waals surface area (Å²) in [6, 6.07) is 3.53. The smallest absolute Gasteiger partial charge is 0.475 e. The maximum absolute atomic E-state index is 10.6. The second-order valence-electron chi connectivity index (χ2n) is 2.67. The van der Waals surface area contributed by atoms with Crippen molar-refractivity contribution in [3.05, 3.63) is 22.8 Å². The van der Waals surface area contributed by atoms with Gasteiger partial charge in [0.1, 0.15) is 0 Å². The first-order valence-corrected chi connectivity index (χ1v) is 4.93. The zero-order valence-electron chi connectivity index (χ0n) is 8.65. The first-order chi connectivity index (χ1) is 8.12. The number of carboxylic acids is 1. The molecular weight excluding hydrogens is 321 g/mol. The Morgan fingerprint density at radius 2 is 1.89 bits per heavy atom. The lowest BCUT2D eigenvalue weighted by atomic mass is 10.5. The topological polar surface area (TPSA) is 115 Å². The number of nitrogens with zero attached hydrogens (tertiary/aromatic N) is 2. The third-order valence-corrected chi connectivity index (χ3v) is 1.67. The van der Waals surface area contributed by atoms with Crippen LogP contribution >= 0.6 is 15.9 Å². The molecule has 0 radical (unpaired) electrons. The van der Waals surface area contributed by atoms with Crippen LogP contribution in [0.1, 0.15) is 0 Å². The van der Waals surface area contributed by atoms with E-state index in [1.165, 1.54) is 0 Å². The van der Waals surface area contributed by atoms with E-state index in [-0.39, 0.29) is 5.96 Å². The molecule has 0 saturated heterocycles. The van der Waals surface area contributed by atoms with Crippen LogP contribution in [0.4, 0.5) is 19.0 Å². The van der Waals surface area contributed by atoms with E-state index < -0.39 is 12.1 Å². The number of carboxylic acid groups (broad SMARTS) is 1. The molecule has 0 bridgehead atoms. The van der Waals surface area contributed by atoms with Gasteiger partial charge in [-0.15, -0.1) is 0 Å². The molecule has 0 aliphatic heterocycles. The van der Waals surface area contributed by atoms with Gasteiger partial charge in [-0.2, -0.15) is 18.2 Å². The van der Waals surface area contributed by atoms with Crippen LogP contribution in [-0.4, -0.2) is 28.2 Å². The minimum absolute atomic E-state index is 0.0137. The standard InChI is InChI=1S/C6H7BrN4.C2HF3O2/c7-4-1-2-5(10-3-4)11-6(8)9;3-2(4,5)1(6)7/h1-3H,(H4,8,9,10,11);(H,6,7). The van der Waals surface area contributed by atoms with Crippen LogP contribution in [0.5, 0.6) is 0 Å². The summed E-state index contributed by atoms with van der Waals surface area (Å²) in [5.74, 6) is -2.24. The predicted molar refractivity (Wildman–Crippen MR) is 61.1 cm³/mol. The minimum atomic E-state index is -5.08. The summed E-state index contributed by atoms with van der Waals surface area (Å²) >= 11 is 3.24. The van der Waals surface area contributed by atoms with E-state index in [1.54, 1.807) is 12.3 Å². The van der Waals surface area contributed by atoms with E-state index in [1.807, 2.05) is 6.07 Å². The molecule has 5 N–H and O–H groups in total. The lowest BCUT2D eigenvalue weighted by molar-refractivity contribution is -0.192. The second-order valence-corrected chi connectivity index (χ2v) is 3.59. The van der Waals surface area contributed by atoms with Crippen LogP contribution in [-0.2, 0) is 4.79 Å². The number of guanidine groups is 1. The fourth-order valence-electron chi connectivity index (χ4n) is 0.566. The van der Waals surface area contributed by atoms with Crippen molar-refractivity contribution in [3.8, 4) is 0 Å². The number of carbonyl (C=O) groups is 1. The van der Waals surface area contributed by atoms with Crippen LogP contribution in [0.3, 0.4) is 0 Å².